The lowest BCUT2D eigenvalue weighted by Gasteiger charge is -2.36. The highest BCUT2D eigenvalue weighted by atomic mass is 32.2. The SMILES string of the molecule is O=C(CN1CCOCC1)N[C@H]1CC[C@@H](CCNS(=O)(=O)c2ccccc2F)O[C@@H]1CO. The average molecular weight is 460 g/mol. The Morgan fingerprint density at radius 3 is 2.68 bits per heavy atom. The van der Waals surface area contributed by atoms with Gasteiger partial charge in [-0.2, -0.15) is 0 Å². The number of nitrogens with zero attached hydrogens (tertiary/aromatic N) is 1. The van der Waals surface area contributed by atoms with E-state index in [1.807, 2.05) is 4.90 Å². The summed E-state index contributed by atoms with van der Waals surface area (Å²) in [5.41, 5.74) is 0. The molecule has 1 aromatic carbocycles. The van der Waals surface area contributed by atoms with Gasteiger partial charge in [-0.1, -0.05) is 12.1 Å². The van der Waals surface area contributed by atoms with Crippen molar-refractivity contribution in [3.63, 3.8) is 0 Å². The number of hydrogen-bond acceptors (Lipinski definition) is 7. The van der Waals surface area contributed by atoms with Crippen LogP contribution >= 0.6 is 0 Å². The number of halogens is 1. The van der Waals surface area contributed by atoms with Crippen LogP contribution in [0.2, 0.25) is 0 Å². The molecule has 31 heavy (non-hydrogen) atoms. The summed E-state index contributed by atoms with van der Waals surface area (Å²) < 4.78 is 51.8. The molecule has 2 aliphatic rings. The largest absolute Gasteiger partial charge is 0.394 e. The Labute approximate surface area is 181 Å². The van der Waals surface area contributed by atoms with E-state index in [0.717, 1.165) is 6.07 Å². The number of carbonyl (C=O) groups excluding carboxylic acids is 1. The number of hydrogen-bond donors (Lipinski definition) is 3. The number of aliphatic hydroxyl groups excluding tert-OH is 1. The van der Waals surface area contributed by atoms with Crippen molar-refractivity contribution in [2.24, 2.45) is 0 Å². The first kappa shape index (κ1) is 24.0. The van der Waals surface area contributed by atoms with Crippen molar-refractivity contribution in [2.45, 2.75) is 42.4 Å². The summed E-state index contributed by atoms with van der Waals surface area (Å²) in [6.07, 6.45) is 0.771. The normalized spacial score (nSPS) is 25.3. The molecule has 0 aromatic heterocycles. The molecule has 0 saturated carbocycles. The van der Waals surface area contributed by atoms with E-state index in [-0.39, 0.29) is 37.7 Å². The molecule has 3 atom stereocenters. The third-order valence-corrected chi connectivity index (χ3v) is 6.99. The van der Waals surface area contributed by atoms with Gasteiger partial charge in [0.25, 0.3) is 0 Å². The molecule has 2 heterocycles. The predicted octanol–water partition coefficient (Wildman–Crippen LogP) is -0.149. The van der Waals surface area contributed by atoms with Gasteiger partial charge in [-0.15, -0.1) is 0 Å². The summed E-state index contributed by atoms with van der Waals surface area (Å²) in [6.45, 7) is 2.75. The molecule has 1 aromatic rings. The molecule has 11 heteroatoms. The van der Waals surface area contributed by atoms with Gasteiger partial charge in [0.15, 0.2) is 0 Å². The molecule has 2 aliphatic heterocycles. The van der Waals surface area contributed by atoms with Crippen LogP contribution in [0.1, 0.15) is 19.3 Å². The summed E-state index contributed by atoms with van der Waals surface area (Å²) in [6, 6.07) is 4.89. The van der Waals surface area contributed by atoms with Crippen LogP contribution in [0.3, 0.4) is 0 Å². The number of carbonyl (C=O) groups is 1. The van der Waals surface area contributed by atoms with Gasteiger partial charge in [0.1, 0.15) is 16.8 Å². The molecule has 0 aliphatic carbocycles. The summed E-state index contributed by atoms with van der Waals surface area (Å²) in [5.74, 6) is -0.926. The third kappa shape index (κ3) is 6.93. The molecule has 9 nitrogen and oxygen atoms in total. The van der Waals surface area contributed by atoms with Gasteiger partial charge in [-0.05, 0) is 31.4 Å². The number of nitrogens with one attached hydrogen (secondary N) is 2. The lowest BCUT2D eigenvalue weighted by molar-refractivity contribution is -0.130. The molecule has 3 rings (SSSR count). The van der Waals surface area contributed by atoms with E-state index in [4.69, 9.17) is 9.47 Å². The Kier molecular flexibility index (Phi) is 8.76. The lowest BCUT2D eigenvalue weighted by Crippen LogP contribution is -2.53. The molecule has 0 unspecified atom stereocenters. The minimum atomic E-state index is -3.95. The second kappa shape index (κ2) is 11.3. The minimum Gasteiger partial charge on any atom is -0.394 e. The van der Waals surface area contributed by atoms with E-state index in [2.05, 4.69) is 10.0 Å². The maximum absolute atomic E-state index is 13.7. The van der Waals surface area contributed by atoms with E-state index in [0.29, 0.717) is 45.6 Å². The Morgan fingerprint density at radius 2 is 1.97 bits per heavy atom. The molecule has 0 bridgehead atoms. The van der Waals surface area contributed by atoms with Crippen LogP contribution in [-0.2, 0) is 24.3 Å². The Morgan fingerprint density at radius 1 is 1.23 bits per heavy atom. The number of rotatable bonds is 9. The first-order valence-electron chi connectivity index (χ1n) is 10.5. The first-order chi connectivity index (χ1) is 14.9. The van der Waals surface area contributed by atoms with Crippen LogP contribution in [0.5, 0.6) is 0 Å². The van der Waals surface area contributed by atoms with Gasteiger partial charge in [-0.25, -0.2) is 17.5 Å². The minimum absolute atomic E-state index is 0.0769. The van der Waals surface area contributed by atoms with E-state index in [9.17, 15) is 22.7 Å². The second-order valence-corrected chi connectivity index (χ2v) is 9.47. The highest BCUT2D eigenvalue weighted by Crippen LogP contribution is 2.22. The highest BCUT2D eigenvalue weighted by molar-refractivity contribution is 7.89. The van der Waals surface area contributed by atoms with E-state index in [1.54, 1.807) is 0 Å². The fourth-order valence-corrected chi connectivity index (χ4v) is 4.94. The number of amides is 1. The first-order valence-corrected chi connectivity index (χ1v) is 12.0. The number of aliphatic hydroxyl groups is 1. The zero-order valence-corrected chi connectivity index (χ0v) is 18.2. The molecule has 2 saturated heterocycles. The number of benzene rings is 1. The van der Waals surface area contributed by atoms with Gasteiger partial charge in [0.05, 0.1) is 38.5 Å². The van der Waals surface area contributed by atoms with Crippen molar-refractivity contribution in [2.75, 3.05) is 46.0 Å². The van der Waals surface area contributed by atoms with E-state index >= 15 is 0 Å². The Hall–Kier alpha value is -1.63. The number of morpholine rings is 1. The number of ether oxygens (including phenoxy) is 2. The van der Waals surface area contributed by atoms with E-state index < -0.39 is 26.8 Å². The monoisotopic (exact) mass is 459 g/mol. The smallest absolute Gasteiger partial charge is 0.243 e. The zero-order chi connectivity index (χ0) is 22.3. The van der Waals surface area contributed by atoms with Gasteiger partial charge < -0.3 is 19.9 Å². The Balaban J connectivity index is 1.43. The second-order valence-electron chi connectivity index (χ2n) is 7.74. The van der Waals surface area contributed by atoms with Crippen molar-refractivity contribution < 1.29 is 32.2 Å². The maximum Gasteiger partial charge on any atom is 0.243 e. The molecule has 0 radical (unpaired) electrons. The van der Waals surface area contributed by atoms with Crippen molar-refractivity contribution in [3.8, 4) is 0 Å². The molecular weight excluding hydrogens is 429 g/mol. The predicted molar refractivity (Wildman–Crippen MR) is 110 cm³/mol. The van der Waals surface area contributed by atoms with Crippen molar-refractivity contribution >= 4 is 15.9 Å². The van der Waals surface area contributed by atoms with Gasteiger partial charge in [0.2, 0.25) is 15.9 Å². The van der Waals surface area contributed by atoms with Crippen LogP contribution < -0.4 is 10.0 Å². The molecule has 2 fully saturated rings. The molecule has 0 spiro atoms. The summed E-state index contributed by atoms with van der Waals surface area (Å²) in [5, 5.41) is 12.6. The lowest BCUT2D eigenvalue weighted by atomic mass is 9.97. The molecule has 174 valence electrons. The molecule has 1 amide bonds. The van der Waals surface area contributed by atoms with Crippen LogP contribution in [0.25, 0.3) is 0 Å². The van der Waals surface area contributed by atoms with Crippen LogP contribution in [-0.4, -0.2) is 88.6 Å². The average Bonchev–Trinajstić information content (AvgIpc) is 2.75. The maximum atomic E-state index is 13.7. The highest BCUT2D eigenvalue weighted by Gasteiger charge is 2.32. The Bertz CT molecular complexity index is 834. The van der Waals surface area contributed by atoms with Crippen molar-refractivity contribution in [1.82, 2.24) is 14.9 Å². The summed E-state index contributed by atoms with van der Waals surface area (Å²) >= 11 is 0. The topological polar surface area (TPSA) is 117 Å². The zero-order valence-electron chi connectivity index (χ0n) is 17.3. The van der Waals surface area contributed by atoms with Crippen LogP contribution in [0.15, 0.2) is 29.2 Å². The number of sulfonamides is 1. The summed E-state index contributed by atoms with van der Waals surface area (Å²) in [4.78, 5) is 14.0. The fourth-order valence-electron chi connectivity index (χ4n) is 3.82. The quantitative estimate of drug-likeness (QED) is 0.470. The van der Waals surface area contributed by atoms with Gasteiger partial charge >= 0.3 is 0 Å². The molecule has 3 N–H and O–H groups in total. The standard InChI is InChI=1S/C20H30FN3O6S/c21-16-3-1-2-4-19(16)31(27,28)22-8-7-15-5-6-17(18(14-25)30-15)23-20(26)13-24-9-11-29-12-10-24/h1-4,15,17-18,22,25H,5-14H2,(H,23,26)/t15-,17-,18+/m0/s1. The molecular formula is C20H30FN3O6S. The fraction of sp³-hybridized carbons (Fsp3) is 0.650. The van der Waals surface area contributed by atoms with Crippen molar-refractivity contribution in [1.29, 1.82) is 0 Å². The third-order valence-electron chi connectivity index (χ3n) is 5.50. The van der Waals surface area contributed by atoms with Gasteiger partial charge in [0, 0.05) is 19.6 Å². The van der Waals surface area contributed by atoms with Gasteiger partial charge in [-0.3, -0.25) is 9.69 Å². The summed E-state index contributed by atoms with van der Waals surface area (Å²) in [7, 11) is -3.95. The van der Waals surface area contributed by atoms with Crippen molar-refractivity contribution in [3.05, 3.63) is 30.1 Å². The van der Waals surface area contributed by atoms with Crippen LogP contribution in [0.4, 0.5) is 4.39 Å². The van der Waals surface area contributed by atoms with E-state index in [1.165, 1.54) is 18.2 Å². The van der Waals surface area contributed by atoms with Crippen LogP contribution in [0, 0.1) is 5.82 Å².